The predicted molar refractivity (Wildman–Crippen MR) is 109 cm³/mol. The molecule has 1 amide bonds. The quantitative estimate of drug-likeness (QED) is 0.506. The second-order valence-corrected chi connectivity index (χ2v) is 8.82. The lowest BCUT2D eigenvalue weighted by Crippen LogP contribution is -2.14. The number of rotatable bonds is 6. The molecule has 0 radical (unpaired) electrons. The van der Waals surface area contributed by atoms with Crippen LogP contribution in [0.3, 0.4) is 0 Å². The first-order valence-corrected chi connectivity index (χ1v) is 11.3. The third-order valence-electron chi connectivity index (χ3n) is 4.06. The lowest BCUT2D eigenvalue weighted by atomic mass is 10.2. The molecule has 3 aromatic heterocycles. The SMILES string of the molecule is CS(=O)(=O)c1nc(C(=O)Nc2ccccc2OCc2cscn2)c2ccccn12. The standard InChI is InChI=1S/C19H16N4O4S2/c1-29(25,26)19-22-17(15-7-4-5-9-23(15)19)18(24)21-14-6-2-3-8-16(14)27-10-13-11-28-12-20-13/h2-9,11-12H,10H2,1H3,(H,21,24). The molecule has 0 saturated carbocycles. The molecule has 29 heavy (non-hydrogen) atoms. The van der Waals surface area contributed by atoms with E-state index in [4.69, 9.17) is 4.74 Å². The molecule has 1 N–H and O–H groups in total. The van der Waals surface area contributed by atoms with E-state index < -0.39 is 15.7 Å². The van der Waals surface area contributed by atoms with Gasteiger partial charge in [-0.25, -0.2) is 18.4 Å². The Morgan fingerprint density at radius 2 is 2.00 bits per heavy atom. The zero-order valence-electron chi connectivity index (χ0n) is 15.3. The van der Waals surface area contributed by atoms with Crippen LogP contribution in [0.1, 0.15) is 16.2 Å². The van der Waals surface area contributed by atoms with E-state index in [2.05, 4.69) is 15.3 Å². The maximum absolute atomic E-state index is 12.9. The van der Waals surface area contributed by atoms with Crippen molar-refractivity contribution in [2.75, 3.05) is 11.6 Å². The minimum atomic E-state index is -3.62. The van der Waals surface area contributed by atoms with Gasteiger partial charge in [-0.3, -0.25) is 9.20 Å². The monoisotopic (exact) mass is 428 g/mol. The number of aromatic nitrogens is 3. The van der Waals surface area contributed by atoms with Crippen molar-refractivity contribution in [2.45, 2.75) is 11.8 Å². The highest BCUT2D eigenvalue weighted by Gasteiger charge is 2.23. The molecule has 10 heteroatoms. The number of carbonyl (C=O) groups excluding carboxylic acids is 1. The van der Waals surface area contributed by atoms with Crippen LogP contribution in [0.5, 0.6) is 5.75 Å². The van der Waals surface area contributed by atoms with Gasteiger partial charge >= 0.3 is 0 Å². The molecule has 4 rings (SSSR count). The van der Waals surface area contributed by atoms with E-state index in [0.717, 1.165) is 11.9 Å². The maximum atomic E-state index is 12.9. The minimum Gasteiger partial charge on any atom is -0.485 e. The van der Waals surface area contributed by atoms with Gasteiger partial charge in [-0.05, 0) is 24.3 Å². The first-order valence-electron chi connectivity index (χ1n) is 8.51. The summed E-state index contributed by atoms with van der Waals surface area (Å²) in [6.45, 7) is 0.266. The Bertz CT molecular complexity index is 1280. The minimum absolute atomic E-state index is 0.0142. The number of nitrogens with one attached hydrogen (secondary N) is 1. The summed E-state index contributed by atoms with van der Waals surface area (Å²) in [7, 11) is -3.62. The number of hydrogen-bond donors (Lipinski definition) is 1. The highest BCUT2D eigenvalue weighted by Crippen LogP contribution is 2.26. The van der Waals surface area contributed by atoms with E-state index in [1.165, 1.54) is 15.7 Å². The Morgan fingerprint density at radius 1 is 1.21 bits per heavy atom. The molecule has 0 saturated heterocycles. The van der Waals surface area contributed by atoms with E-state index in [-0.39, 0.29) is 17.5 Å². The smallest absolute Gasteiger partial charge is 0.276 e. The number of ether oxygens (including phenoxy) is 1. The number of sulfone groups is 1. The van der Waals surface area contributed by atoms with E-state index in [9.17, 15) is 13.2 Å². The summed E-state index contributed by atoms with van der Waals surface area (Å²) < 4.78 is 31.3. The van der Waals surface area contributed by atoms with E-state index in [1.54, 1.807) is 54.2 Å². The molecular formula is C19H16N4O4S2. The van der Waals surface area contributed by atoms with Gasteiger partial charge in [-0.15, -0.1) is 11.3 Å². The summed E-state index contributed by atoms with van der Waals surface area (Å²) in [6, 6.07) is 12.0. The van der Waals surface area contributed by atoms with Gasteiger partial charge in [0.25, 0.3) is 5.91 Å². The third kappa shape index (κ3) is 3.98. The van der Waals surface area contributed by atoms with Gasteiger partial charge in [-0.1, -0.05) is 18.2 Å². The van der Waals surface area contributed by atoms with Crippen LogP contribution in [0.4, 0.5) is 5.69 Å². The molecule has 0 bridgehead atoms. The molecule has 0 fully saturated rings. The van der Waals surface area contributed by atoms with Crippen molar-refractivity contribution >= 4 is 38.3 Å². The topological polar surface area (TPSA) is 103 Å². The van der Waals surface area contributed by atoms with Gasteiger partial charge < -0.3 is 10.1 Å². The van der Waals surface area contributed by atoms with Crippen LogP contribution < -0.4 is 10.1 Å². The number of fused-ring (bicyclic) bond motifs is 1. The molecule has 0 unspecified atom stereocenters. The van der Waals surface area contributed by atoms with Crippen molar-refractivity contribution in [3.63, 3.8) is 0 Å². The fraction of sp³-hybridized carbons (Fsp3) is 0.105. The summed E-state index contributed by atoms with van der Waals surface area (Å²) in [4.78, 5) is 21.2. The van der Waals surface area contributed by atoms with E-state index in [0.29, 0.717) is 17.0 Å². The fourth-order valence-electron chi connectivity index (χ4n) is 2.78. The number of amides is 1. The average Bonchev–Trinajstić information content (AvgIpc) is 3.35. The summed E-state index contributed by atoms with van der Waals surface area (Å²) in [5.74, 6) is -0.0611. The Morgan fingerprint density at radius 3 is 2.76 bits per heavy atom. The number of anilines is 1. The Labute approximate surface area is 170 Å². The molecule has 8 nitrogen and oxygen atoms in total. The second kappa shape index (κ2) is 7.64. The van der Waals surface area contributed by atoms with Crippen LogP contribution in [0, 0.1) is 0 Å². The zero-order valence-corrected chi connectivity index (χ0v) is 16.9. The van der Waals surface area contributed by atoms with Crippen molar-refractivity contribution in [1.82, 2.24) is 14.4 Å². The maximum Gasteiger partial charge on any atom is 0.276 e. The van der Waals surface area contributed by atoms with Crippen LogP contribution in [0.25, 0.3) is 5.52 Å². The second-order valence-electron chi connectivity index (χ2n) is 6.19. The Hall–Kier alpha value is -3.24. The molecule has 0 aliphatic rings. The molecule has 4 aromatic rings. The van der Waals surface area contributed by atoms with E-state index in [1.807, 2.05) is 5.38 Å². The number of hydrogen-bond acceptors (Lipinski definition) is 7. The molecule has 3 heterocycles. The van der Waals surface area contributed by atoms with Crippen LogP contribution in [-0.4, -0.2) is 34.9 Å². The average molecular weight is 428 g/mol. The fourth-order valence-corrected chi connectivity index (χ4v) is 4.09. The van der Waals surface area contributed by atoms with Crippen molar-refractivity contribution in [1.29, 1.82) is 0 Å². The number of thiazole rings is 1. The number of para-hydroxylation sites is 2. The van der Waals surface area contributed by atoms with Crippen molar-refractivity contribution in [3.05, 3.63) is 70.9 Å². The molecule has 0 aliphatic heterocycles. The Balaban J connectivity index is 1.64. The molecule has 1 aromatic carbocycles. The first-order chi connectivity index (χ1) is 13.9. The third-order valence-corrected chi connectivity index (χ3v) is 5.64. The van der Waals surface area contributed by atoms with Gasteiger partial charge in [0.2, 0.25) is 15.0 Å². The number of pyridine rings is 1. The summed E-state index contributed by atoms with van der Waals surface area (Å²) in [5.41, 5.74) is 3.36. The highest BCUT2D eigenvalue weighted by molar-refractivity contribution is 7.90. The predicted octanol–water partition coefficient (Wildman–Crippen LogP) is 3.03. The van der Waals surface area contributed by atoms with Crippen molar-refractivity contribution in [3.8, 4) is 5.75 Å². The number of imidazole rings is 1. The largest absolute Gasteiger partial charge is 0.485 e. The van der Waals surface area contributed by atoms with Crippen LogP contribution in [0.2, 0.25) is 0 Å². The number of carbonyl (C=O) groups is 1. The van der Waals surface area contributed by atoms with Crippen molar-refractivity contribution in [2.24, 2.45) is 0 Å². The molecular weight excluding hydrogens is 412 g/mol. The molecule has 0 aliphatic carbocycles. The van der Waals surface area contributed by atoms with Crippen LogP contribution >= 0.6 is 11.3 Å². The molecule has 0 spiro atoms. The summed E-state index contributed by atoms with van der Waals surface area (Å²) >= 11 is 1.47. The number of nitrogens with zero attached hydrogens (tertiary/aromatic N) is 3. The van der Waals surface area contributed by atoms with Gasteiger partial charge in [0.15, 0.2) is 5.69 Å². The molecule has 0 atom stereocenters. The van der Waals surface area contributed by atoms with Gasteiger partial charge in [0.05, 0.1) is 22.4 Å². The van der Waals surface area contributed by atoms with Crippen LogP contribution in [-0.2, 0) is 16.4 Å². The van der Waals surface area contributed by atoms with E-state index >= 15 is 0 Å². The lowest BCUT2D eigenvalue weighted by molar-refractivity contribution is 0.102. The number of benzene rings is 1. The normalized spacial score (nSPS) is 11.5. The van der Waals surface area contributed by atoms with Gasteiger partial charge in [-0.2, -0.15) is 0 Å². The van der Waals surface area contributed by atoms with Gasteiger partial charge in [0, 0.05) is 17.8 Å². The lowest BCUT2D eigenvalue weighted by Gasteiger charge is -2.11. The summed E-state index contributed by atoms with van der Waals surface area (Å²) in [6.07, 6.45) is 2.61. The first kappa shape index (κ1) is 19.1. The van der Waals surface area contributed by atoms with Gasteiger partial charge in [0.1, 0.15) is 12.4 Å². The van der Waals surface area contributed by atoms with Crippen molar-refractivity contribution < 1.29 is 17.9 Å². The summed E-state index contributed by atoms with van der Waals surface area (Å²) in [5, 5.41) is 4.45. The van der Waals surface area contributed by atoms with Crippen LogP contribution in [0.15, 0.2) is 64.7 Å². The Kier molecular flexibility index (Phi) is 5.03. The molecule has 148 valence electrons. The zero-order chi connectivity index (χ0) is 20.4. The highest BCUT2D eigenvalue weighted by atomic mass is 32.2.